The molecule has 1 aliphatic rings. The molecule has 0 aliphatic carbocycles. The van der Waals surface area contributed by atoms with Crippen LogP contribution in [0.1, 0.15) is 6.92 Å². The molecule has 2 aromatic rings. The van der Waals surface area contributed by atoms with E-state index < -0.39 is 0 Å². The van der Waals surface area contributed by atoms with Gasteiger partial charge in [-0.15, -0.1) is 0 Å². The van der Waals surface area contributed by atoms with Crippen molar-refractivity contribution in [3.63, 3.8) is 0 Å². The maximum absolute atomic E-state index is 5.41. The molecule has 2 heterocycles. The van der Waals surface area contributed by atoms with Crippen molar-refractivity contribution in [2.45, 2.75) is 13.5 Å². The fourth-order valence-electron chi connectivity index (χ4n) is 2.65. The third-order valence-corrected chi connectivity index (χ3v) is 4.08. The molecule has 0 spiro atoms. The van der Waals surface area contributed by atoms with Crippen molar-refractivity contribution in [3.8, 4) is 0 Å². The molecule has 90 valence electrons. The zero-order valence-corrected chi connectivity index (χ0v) is 12.2. The lowest BCUT2D eigenvalue weighted by atomic mass is 10.2. The Morgan fingerprint density at radius 1 is 1.41 bits per heavy atom. The normalized spacial score (nSPS) is 19.7. The first kappa shape index (κ1) is 11.3. The summed E-state index contributed by atoms with van der Waals surface area (Å²) in [5.74, 6) is 0.594. The van der Waals surface area contributed by atoms with Crippen LogP contribution < -0.4 is 4.90 Å². The summed E-state index contributed by atoms with van der Waals surface area (Å²) >= 11 is 8.97. The summed E-state index contributed by atoms with van der Waals surface area (Å²) in [4.78, 5) is 5.60. The van der Waals surface area contributed by atoms with E-state index in [9.17, 15) is 0 Å². The third kappa shape index (κ3) is 1.72. The Hall–Kier alpha value is -0.810. The number of anilines is 1. The summed E-state index contributed by atoms with van der Waals surface area (Å²) in [6, 6.07) is 4.26. The largest absolute Gasteiger partial charge is 0.372 e. The smallest absolute Gasteiger partial charge is 0.178 e. The van der Waals surface area contributed by atoms with Crippen LogP contribution in [-0.4, -0.2) is 23.1 Å². The minimum absolute atomic E-state index is 0.594. The second-order valence-corrected chi connectivity index (χ2v) is 6.15. The Kier molecular flexibility index (Phi) is 2.56. The molecule has 1 aromatic heterocycles. The zero-order valence-electron chi connectivity index (χ0n) is 9.83. The molecule has 3 rings (SSSR count). The summed E-state index contributed by atoms with van der Waals surface area (Å²) in [5.41, 5.74) is 3.58. The molecule has 1 N–H and O–H groups in total. The number of hydrogen-bond donors (Lipinski definition) is 1. The summed E-state index contributed by atoms with van der Waals surface area (Å²) in [7, 11) is 2.14. The number of hydrogen-bond acceptors (Lipinski definition) is 2. The molecule has 0 fully saturated rings. The zero-order chi connectivity index (χ0) is 12.2. The molecular formula is C12H14BrN3S. The van der Waals surface area contributed by atoms with Crippen LogP contribution in [0.2, 0.25) is 0 Å². The molecule has 1 unspecified atom stereocenters. The first-order chi connectivity index (χ1) is 8.06. The molecule has 3 nitrogen and oxygen atoms in total. The Bertz CT molecular complexity index is 643. The molecule has 1 aliphatic heterocycles. The van der Waals surface area contributed by atoms with Crippen molar-refractivity contribution in [3.05, 3.63) is 21.4 Å². The Morgan fingerprint density at radius 2 is 2.18 bits per heavy atom. The van der Waals surface area contributed by atoms with Gasteiger partial charge in [0.1, 0.15) is 0 Å². The number of aromatic amines is 1. The van der Waals surface area contributed by atoms with Gasteiger partial charge in [-0.1, -0.05) is 22.9 Å². The summed E-state index contributed by atoms with van der Waals surface area (Å²) in [6.45, 7) is 4.30. The van der Waals surface area contributed by atoms with Gasteiger partial charge < -0.3 is 14.5 Å². The van der Waals surface area contributed by atoms with Gasteiger partial charge in [0, 0.05) is 24.6 Å². The minimum atomic E-state index is 0.594. The molecule has 5 heteroatoms. The standard InChI is InChI=1S/C12H14BrN3S/c1-7-5-15(2)10-4-8(13)3-9-11(10)16(6-7)12(17)14-9/h3-4,7H,5-6H2,1-2H3,(H,14,17). The molecule has 17 heavy (non-hydrogen) atoms. The Balaban J connectivity index is 2.43. The number of benzene rings is 1. The van der Waals surface area contributed by atoms with Gasteiger partial charge in [-0.05, 0) is 30.3 Å². The van der Waals surface area contributed by atoms with Crippen LogP contribution in [0.4, 0.5) is 5.69 Å². The number of halogens is 1. The van der Waals surface area contributed by atoms with Crippen LogP contribution in [-0.2, 0) is 6.54 Å². The quantitative estimate of drug-likeness (QED) is 0.752. The van der Waals surface area contributed by atoms with E-state index in [1.165, 1.54) is 11.2 Å². The van der Waals surface area contributed by atoms with E-state index in [0.29, 0.717) is 5.92 Å². The topological polar surface area (TPSA) is 24.0 Å². The van der Waals surface area contributed by atoms with Crippen LogP contribution in [0.5, 0.6) is 0 Å². The van der Waals surface area contributed by atoms with Crippen molar-refractivity contribution >= 4 is 44.9 Å². The van der Waals surface area contributed by atoms with Crippen LogP contribution in [0.15, 0.2) is 16.6 Å². The Morgan fingerprint density at radius 3 is 2.94 bits per heavy atom. The first-order valence-corrected chi connectivity index (χ1v) is 6.89. The van der Waals surface area contributed by atoms with Crippen molar-refractivity contribution in [2.75, 3.05) is 18.5 Å². The molecule has 0 saturated carbocycles. The first-order valence-electron chi connectivity index (χ1n) is 5.69. The van der Waals surface area contributed by atoms with Gasteiger partial charge in [-0.3, -0.25) is 0 Å². The highest BCUT2D eigenvalue weighted by atomic mass is 79.9. The van der Waals surface area contributed by atoms with Crippen LogP contribution in [0, 0.1) is 10.7 Å². The summed E-state index contributed by atoms with van der Waals surface area (Å²) in [6.07, 6.45) is 0. The van der Waals surface area contributed by atoms with Crippen LogP contribution in [0.25, 0.3) is 11.0 Å². The number of nitrogens with zero attached hydrogens (tertiary/aromatic N) is 2. The van der Waals surface area contributed by atoms with Gasteiger partial charge in [-0.2, -0.15) is 0 Å². The highest BCUT2D eigenvalue weighted by molar-refractivity contribution is 9.10. The van der Waals surface area contributed by atoms with E-state index in [1.807, 2.05) is 0 Å². The van der Waals surface area contributed by atoms with Crippen LogP contribution in [0.3, 0.4) is 0 Å². The fourth-order valence-corrected chi connectivity index (χ4v) is 3.37. The molecule has 0 amide bonds. The SMILES string of the molecule is CC1CN(C)c2cc(Br)cc3[nH]c(=S)n(c23)C1. The third-order valence-electron chi connectivity index (χ3n) is 3.30. The minimum Gasteiger partial charge on any atom is -0.372 e. The lowest BCUT2D eigenvalue weighted by Crippen LogP contribution is -2.23. The van der Waals surface area contributed by atoms with E-state index in [0.717, 1.165) is 27.8 Å². The predicted octanol–water partition coefficient (Wildman–Crippen LogP) is 3.55. The molecule has 0 saturated heterocycles. The second kappa shape index (κ2) is 3.85. The van der Waals surface area contributed by atoms with E-state index in [2.05, 4.69) is 56.5 Å². The fraction of sp³-hybridized carbons (Fsp3) is 0.417. The lowest BCUT2D eigenvalue weighted by molar-refractivity contribution is 0.497. The highest BCUT2D eigenvalue weighted by Crippen LogP contribution is 2.33. The highest BCUT2D eigenvalue weighted by Gasteiger charge is 2.20. The molecule has 1 aromatic carbocycles. The van der Waals surface area contributed by atoms with Crippen molar-refractivity contribution < 1.29 is 0 Å². The van der Waals surface area contributed by atoms with E-state index in [1.54, 1.807) is 0 Å². The summed E-state index contributed by atoms with van der Waals surface area (Å²) < 4.78 is 4.13. The molecule has 0 radical (unpaired) electrons. The van der Waals surface area contributed by atoms with Gasteiger partial charge >= 0.3 is 0 Å². The number of rotatable bonds is 0. The van der Waals surface area contributed by atoms with Gasteiger partial charge in [-0.25, -0.2) is 0 Å². The Labute approximate surface area is 114 Å². The predicted molar refractivity (Wildman–Crippen MR) is 77.3 cm³/mol. The molecule has 0 bridgehead atoms. The van der Waals surface area contributed by atoms with Crippen molar-refractivity contribution in [2.24, 2.45) is 5.92 Å². The number of imidazole rings is 1. The van der Waals surface area contributed by atoms with Gasteiger partial charge in [0.15, 0.2) is 4.77 Å². The van der Waals surface area contributed by atoms with Gasteiger partial charge in [0.2, 0.25) is 0 Å². The maximum atomic E-state index is 5.41. The van der Waals surface area contributed by atoms with Crippen LogP contribution >= 0.6 is 28.1 Å². The number of H-pyrrole nitrogens is 1. The van der Waals surface area contributed by atoms with E-state index in [-0.39, 0.29) is 0 Å². The average molecular weight is 312 g/mol. The number of nitrogens with one attached hydrogen (secondary N) is 1. The van der Waals surface area contributed by atoms with Crippen molar-refractivity contribution in [1.82, 2.24) is 9.55 Å². The van der Waals surface area contributed by atoms with E-state index >= 15 is 0 Å². The second-order valence-electron chi connectivity index (χ2n) is 4.85. The average Bonchev–Trinajstić information content (AvgIpc) is 2.46. The lowest BCUT2D eigenvalue weighted by Gasteiger charge is -2.20. The summed E-state index contributed by atoms with van der Waals surface area (Å²) in [5, 5.41) is 0. The monoisotopic (exact) mass is 311 g/mol. The van der Waals surface area contributed by atoms with E-state index in [4.69, 9.17) is 12.2 Å². The van der Waals surface area contributed by atoms with Crippen molar-refractivity contribution in [1.29, 1.82) is 0 Å². The van der Waals surface area contributed by atoms with Gasteiger partial charge in [0.25, 0.3) is 0 Å². The maximum Gasteiger partial charge on any atom is 0.178 e. The molecular weight excluding hydrogens is 298 g/mol. The molecule has 1 atom stereocenters. The number of aromatic nitrogens is 2. The van der Waals surface area contributed by atoms with Gasteiger partial charge in [0.05, 0.1) is 16.7 Å².